The summed E-state index contributed by atoms with van der Waals surface area (Å²) in [6, 6.07) is 0. The van der Waals surface area contributed by atoms with Gasteiger partial charge < -0.3 is 10.6 Å². The molecule has 2 N–H and O–H groups in total. The molecule has 0 spiro atoms. The van der Waals surface area contributed by atoms with Crippen molar-refractivity contribution < 1.29 is 21.6 Å². The van der Waals surface area contributed by atoms with E-state index in [1.54, 1.807) is 6.92 Å². The molecule has 0 aromatic heterocycles. The third-order valence-electron chi connectivity index (χ3n) is 2.67. The molecule has 0 unspecified atom stereocenters. The van der Waals surface area contributed by atoms with Crippen LogP contribution >= 0.6 is 24.0 Å². The summed E-state index contributed by atoms with van der Waals surface area (Å²) >= 11 is 0. The molecule has 128 valence electrons. The van der Waals surface area contributed by atoms with Crippen molar-refractivity contribution in [1.29, 1.82) is 0 Å². The summed E-state index contributed by atoms with van der Waals surface area (Å²) in [6.45, 7) is 4.93. The second-order valence-corrected chi connectivity index (χ2v) is 7.67. The van der Waals surface area contributed by atoms with Gasteiger partial charge in [0, 0.05) is 19.3 Å². The molecule has 5 nitrogen and oxygen atoms in total. The summed E-state index contributed by atoms with van der Waals surface area (Å²) in [7, 11) is -3.30. The van der Waals surface area contributed by atoms with E-state index in [1.165, 1.54) is 13.8 Å². The molecule has 0 aliphatic carbocycles. The fourth-order valence-corrected chi connectivity index (χ4v) is 1.35. The van der Waals surface area contributed by atoms with E-state index in [2.05, 4.69) is 15.6 Å². The number of nitrogens with one attached hydrogen (secondary N) is 2. The minimum atomic E-state index is -4.24. The smallest absolute Gasteiger partial charge is 0.357 e. The number of alkyl halides is 3. The van der Waals surface area contributed by atoms with Crippen LogP contribution in [0.4, 0.5) is 13.2 Å². The monoisotopic (exact) mass is 445 g/mol. The third-order valence-corrected chi connectivity index (χ3v) is 4.80. The molecule has 0 aliphatic heterocycles. The van der Waals surface area contributed by atoms with Crippen molar-refractivity contribution in [3.63, 3.8) is 0 Å². The van der Waals surface area contributed by atoms with Crippen LogP contribution in [0.1, 0.15) is 27.2 Å². The summed E-state index contributed by atoms with van der Waals surface area (Å²) in [4.78, 5) is 4.02. The van der Waals surface area contributed by atoms with Crippen LogP contribution in [0.25, 0.3) is 0 Å². The Labute approximate surface area is 141 Å². The van der Waals surface area contributed by atoms with E-state index in [0.29, 0.717) is 6.54 Å². The Kier molecular flexibility index (Phi) is 9.87. The summed E-state index contributed by atoms with van der Waals surface area (Å²) in [5.41, 5.74) is 0. The Morgan fingerprint density at radius 2 is 1.71 bits per heavy atom. The number of hydrogen-bond acceptors (Lipinski definition) is 3. The van der Waals surface area contributed by atoms with E-state index < -0.39 is 27.2 Å². The van der Waals surface area contributed by atoms with Crippen LogP contribution < -0.4 is 10.6 Å². The van der Waals surface area contributed by atoms with Gasteiger partial charge in [0.25, 0.3) is 0 Å². The lowest BCUT2D eigenvalue weighted by Crippen LogP contribution is -2.41. The first-order chi connectivity index (χ1) is 8.89. The van der Waals surface area contributed by atoms with E-state index in [4.69, 9.17) is 0 Å². The molecule has 0 rings (SSSR count). The van der Waals surface area contributed by atoms with Crippen LogP contribution in [-0.2, 0) is 9.84 Å². The highest BCUT2D eigenvalue weighted by molar-refractivity contribution is 14.0. The maximum absolute atomic E-state index is 12.0. The number of halogens is 4. The fourth-order valence-electron chi connectivity index (χ4n) is 1.05. The van der Waals surface area contributed by atoms with Gasteiger partial charge in [0.05, 0.1) is 17.7 Å². The number of guanidine groups is 1. The SMILES string of the molecule is CCNC(=NCC(C)(C)S(C)(=O)=O)NCCC(F)(F)F.I. The van der Waals surface area contributed by atoms with Crippen LogP contribution in [0.15, 0.2) is 4.99 Å². The van der Waals surface area contributed by atoms with E-state index >= 15 is 0 Å². The van der Waals surface area contributed by atoms with E-state index in [9.17, 15) is 21.6 Å². The van der Waals surface area contributed by atoms with Crippen molar-refractivity contribution in [3.8, 4) is 0 Å². The highest BCUT2D eigenvalue weighted by atomic mass is 127. The van der Waals surface area contributed by atoms with E-state index in [-0.39, 0.29) is 43.0 Å². The Bertz CT molecular complexity index is 436. The Hall–Kier alpha value is -0.260. The van der Waals surface area contributed by atoms with Crippen LogP contribution in [-0.4, -0.2) is 51.2 Å². The van der Waals surface area contributed by atoms with Gasteiger partial charge in [0.15, 0.2) is 15.8 Å². The first kappa shape index (κ1) is 23.0. The number of nitrogens with zero attached hydrogens (tertiary/aromatic N) is 1. The zero-order valence-corrected chi connectivity index (χ0v) is 15.7. The molecule has 0 saturated heterocycles. The van der Waals surface area contributed by atoms with Crippen molar-refractivity contribution in [1.82, 2.24) is 10.6 Å². The Morgan fingerprint density at radius 1 is 1.19 bits per heavy atom. The summed E-state index contributed by atoms with van der Waals surface area (Å²) < 4.78 is 58.1. The summed E-state index contributed by atoms with van der Waals surface area (Å²) in [6.07, 6.45) is -4.12. The van der Waals surface area contributed by atoms with Crippen LogP contribution in [0.5, 0.6) is 0 Å². The Balaban J connectivity index is 0. The van der Waals surface area contributed by atoms with Crippen LogP contribution in [0, 0.1) is 0 Å². The molecule has 0 aliphatic rings. The zero-order chi connectivity index (χ0) is 16.0. The number of rotatable bonds is 6. The normalized spacial score (nSPS) is 13.6. The van der Waals surface area contributed by atoms with Gasteiger partial charge in [-0.3, -0.25) is 4.99 Å². The average molecular weight is 445 g/mol. The van der Waals surface area contributed by atoms with Crippen molar-refractivity contribution in [2.45, 2.75) is 38.1 Å². The Morgan fingerprint density at radius 3 is 2.10 bits per heavy atom. The molecule has 0 saturated carbocycles. The lowest BCUT2D eigenvalue weighted by Gasteiger charge is -2.21. The minimum Gasteiger partial charge on any atom is -0.357 e. The highest BCUT2D eigenvalue weighted by Crippen LogP contribution is 2.18. The largest absolute Gasteiger partial charge is 0.390 e. The molecule has 10 heteroatoms. The van der Waals surface area contributed by atoms with Gasteiger partial charge in [-0.15, -0.1) is 24.0 Å². The molecule has 0 atom stereocenters. The van der Waals surface area contributed by atoms with Gasteiger partial charge in [-0.2, -0.15) is 13.2 Å². The molecule has 0 bridgehead atoms. The van der Waals surface area contributed by atoms with Gasteiger partial charge in [-0.05, 0) is 20.8 Å². The van der Waals surface area contributed by atoms with E-state index in [0.717, 1.165) is 6.26 Å². The lowest BCUT2D eigenvalue weighted by molar-refractivity contribution is -0.132. The van der Waals surface area contributed by atoms with E-state index in [1.807, 2.05) is 0 Å². The van der Waals surface area contributed by atoms with Gasteiger partial charge in [0.2, 0.25) is 0 Å². The quantitative estimate of drug-likeness (QED) is 0.373. The van der Waals surface area contributed by atoms with Gasteiger partial charge in [0.1, 0.15) is 0 Å². The predicted octanol–water partition coefficient (Wildman–Crippen LogP) is 1.94. The van der Waals surface area contributed by atoms with Gasteiger partial charge >= 0.3 is 6.18 Å². The van der Waals surface area contributed by atoms with Crippen LogP contribution in [0.2, 0.25) is 0 Å². The molecule has 0 heterocycles. The van der Waals surface area contributed by atoms with Crippen molar-refractivity contribution in [2.24, 2.45) is 4.99 Å². The highest BCUT2D eigenvalue weighted by Gasteiger charge is 2.30. The molecule has 21 heavy (non-hydrogen) atoms. The summed E-state index contributed by atoms with van der Waals surface area (Å²) in [5.74, 6) is 0.175. The zero-order valence-electron chi connectivity index (χ0n) is 12.5. The fraction of sp³-hybridized carbons (Fsp3) is 0.909. The van der Waals surface area contributed by atoms with Crippen LogP contribution in [0.3, 0.4) is 0 Å². The molecule has 0 aromatic rings. The van der Waals surface area contributed by atoms with Gasteiger partial charge in [-0.25, -0.2) is 8.42 Å². The molecule has 0 radical (unpaired) electrons. The standard InChI is InChI=1S/C11H22F3N3O2S.HI/c1-5-15-9(16-7-6-11(12,13)14)17-8-10(2,3)20(4,18)19;/h5-8H2,1-4H3,(H2,15,16,17);1H. The minimum absolute atomic E-state index is 0. The molecule has 0 aromatic carbocycles. The van der Waals surface area contributed by atoms with Gasteiger partial charge in [-0.1, -0.05) is 0 Å². The maximum atomic E-state index is 12.0. The second-order valence-electron chi connectivity index (χ2n) is 5.02. The second kappa shape index (κ2) is 9.01. The summed E-state index contributed by atoms with van der Waals surface area (Å²) in [5, 5.41) is 5.29. The van der Waals surface area contributed by atoms with Crippen molar-refractivity contribution in [3.05, 3.63) is 0 Å². The first-order valence-electron chi connectivity index (χ1n) is 6.17. The molecule has 0 amide bonds. The maximum Gasteiger partial charge on any atom is 0.390 e. The number of hydrogen-bond donors (Lipinski definition) is 2. The third kappa shape index (κ3) is 10.1. The average Bonchev–Trinajstić information content (AvgIpc) is 2.22. The molecular formula is C11H23F3IN3O2S. The molecule has 0 fully saturated rings. The number of aliphatic imine (C=N–C) groups is 1. The van der Waals surface area contributed by atoms with Crippen molar-refractivity contribution >= 4 is 39.8 Å². The predicted molar refractivity (Wildman–Crippen MR) is 89.0 cm³/mol. The lowest BCUT2D eigenvalue weighted by atomic mass is 10.2. The topological polar surface area (TPSA) is 70.6 Å². The molecular weight excluding hydrogens is 422 g/mol. The first-order valence-corrected chi connectivity index (χ1v) is 8.07. The number of sulfone groups is 1. The van der Waals surface area contributed by atoms with Crippen molar-refractivity contribution in [2.75, 3.05) is 25.9 Å².